The molecule has 0 saturated carbocycles. The Labute approximate surface area is 112 Å². The molecule has 5 nitrogen and oxygen atoms in total. The molecule has 0 amide bonds. The van der Waals surface area contributed by atoms with E-state index in [9.17, 15) is 8.42 Å². The molecule has 0 bridgehead atoms. The van der Waals surface area contributed by atoms with Crippen LogP contribution in [0.5, 0.6) is 0 Å². The molecule has 0 saturated heterocycles. The number of pyridine rings is 1. The van der Waals surface area contributed by atoms with Crippen LogP contribution in [0, 0.1) is 13.8 Å². The van der Waals surface area contributed by atoms with Crippen LogP contribution in [0.1, 0.15) is 17.1 Å². The summed E-state index contributed by atoms with van der Waals surface area (Å²) in [5.41, 5.74) is 0.809. The summed E-state index contributed by atoms with van der Waals surface area (Å²) in [5.74, 6) is 1.38. The fourth-order valence-electron chi connectivity index (χ4n) is 1.72. The van der Waals surface area contributed by atoms with E-state index in [1.165, 1.54) is 17.5 Å². The summed E-state index contributed by atoms with van der Waals surface area (Å²) in [4.78, 5) is 4.11. The van der Waals surface area contributed by atoms with Gasteiger partial charge in [-0.2, -0.15) is 4.31 Å². The van der Waals surface area contributed by atoms with Gasteiger partial charge in [0, 0.05) is 19.4 Å². The summed E-state index contributed by atoms with van der Waals surface area (Å²) >= 11 is 0. The van der Waals surface area contributed by atoms with Crippen LogP contribution in [0.25, 0.3) is 0 Å². The Morgan fingerprint density at radius 1 is 1.26 bits per heavy atom. The van der Waals surface area contributed by atoms with Gasteiger partial charge in [0.2, 0.25) is 10.0 Å². The van der Waals surface area contributed by atoms with Gasteiger partial charge in [0.05, 0.1) is 6.54 Å². The molecular weight excluding hydrogens is 264 g/mol. The fraction of sp³-hybridized carbons (Fsp3) is 0.308. The van der Waals surface area contributed by atoms with Gasteiger partial charge in [0.1, 0.15) is 16.4 Å². The summed E-state index contributed by atoms with van der Waals surface area (Å²) in [6, 6.07) is 5.19. The lowest BCUT2D eigenvalue weighted by molar-refractivity contribution is 0.397. The monoisotopic (exact) mass is 280 g/mol. The highest BCUT2D eigenvalue weighted by Gasteiger charge is 2.22. The molecule has 2 aromatic heterocycles. The van der Waals surface area contributed by atoms with E-state index in [0.29, 0.717) is 5.76 Å². The standard InChI is InChI=1S/C13H16N2O3S/c1-10-6-13(8-14-7-10)19(16,17)15(3)9-12-5-4-11(2)18-12/h4-8H,9H2,1-3H3. The molecule has 0 aliphatic rings. The van der Waals surface area contributed by atoms with Gasteiger partial charge in [0.25, 0.3) is 0 Å². The van der Waals surface area contributed by atoms with Crippen molar-refractivity contribution in [3.63, 3.8) is 0 Å². The van der Waals surface area contributed by atoms with Crippen molar-refractivity contribution in [3.8, 4) is 0 Å². The Morgan fingerprint density at radius 3 is 2.58 bits per heavy atom. The molecule has 6 heteroatoms. The molecule has 0 atom stereocenters. The third-order valence-corrected chi connectivity index (χ3v) is 4.50. The van der Waals surface area contributed by atoms with Gasteiger partial charge in [0.15, 0.2) is 0 Å². The molecule has 2 heterocycles. The maximum atomic E-state index is 12.3. The first-order chi connectivity index (χ1) is 8.89. The molecule has 0 aliphatic heterocycles. The highest BCUT2D eigenvalue weighted by atomic mass is 32.2. The van der Waals surface area contributed by atoms with Crippen LogP contribution in [0.4, 0.5) is 0 Å². The minimum atomic E-state index is -3.54. The number of aryl methyl sites for hydroxylation is 2. The van der Waals surface area contributed by atoms with Crippen LogP contribution in [-0.2, 0) is 16.6 Å². The summed E-state index contributed by atoms with van der Waals surface area (Å²) in [6.45, 7) is 3.83. The van der Waals surface area contributed by atoms with Crippen molar-refractivity contribution in [2.75, 3.05) is 7.05 Å². The van der Waals surface area contributed by atoms with Crippen LogP contribution in [0.3, 0.4) is 0 Å². The van der Waals surface area contributed by atoms with Crippen molar-refractivity contribution in [1.29, 1.82) is 0 Å². The van der Waals surface area contributed by atoms with E-state index in [0.717, 1.165) is 11.3 Å². The minimum absolute atomic E-state index is 0.193. The van der Waals surface area contributed by atoms with Gasteiger partial charge in [-0.25, -0.2) is 8.42 Å². The van der Waals surface area contributed by atoms with Crippen LogP contribution in [-0.4, -0.2) is 24.8 Å². The normalized spacial score (nSPS) is 12.0. The van der Waals surface area contributed by atoms with Crippen LogP contribution in [0.2, 0.25) is 0 Å². The fourth-order valence-corrected chi connectivity index (χ4v) is 2.91. The molecule has 102 valence electrons. The Hall–Kier alpha value is -1.66. The van der Waals surface area contributed by atoms with Crippen molar-refractivity contribution in [2.45, 2.75) is 25.3 Å². The van der Waals surface area contributed by atoms with Gasteiger partial charge < -0.3 is 4.42 Å². The number of nitrogens with zero attached hydrogens (tertiary/aromatic N) is 2. The molecule has 0 unspecified atom stereocenters. The second-order valence-corrected chi connectivity index (χ2v) is 6.52. The molecule has 0 radical (unpaired) electrons. The van der Waals surface area contributed by atoms with Crippen molar-refractivity contribution in [3.05, 3.63) is 47.7 Å². The molecule has 0 N–H and O–H groups in total. The lowest BCUT2D eigenvalue weighted by Crippen LogP contribution is -2.26. The van der Waals surface area contributed by atoms with E-state index < -0.39 is 10.0 Å². The number of hydrogen-bond donors (Lipinski definition) is 0. The smallest absolute Gasteiger partial charge is 0.244 e. The summed E-state index contributed by atoms with van der Waals surface area (Å²) in [6.07, 6.45) is 2.97. The van der Waals surface area contributed by atoms with Gasteiger partial charge in [-0.15, -0.1) is 0 Å². The molecule has 0 aromatic carbocycles. The Balaban J connectivity index is 2.24. The Bertz CT molecular complexity index is 677. The zero-order valence-electron chi connectivity index (χ0n) is 11.1. The quantitative estimate of drug-likeness (QED) is 0.860. The molecule has 2 aromatic rings. The molecule has 0 spiro atoms. The van der Waals surface area contributed by atoms with Crippen molar-refractivity contribution in [1.82, 2.24) is 9.29 Å². The van der Waals surface area contributed by atoms with E-state index in [1.807, 2.05) is 19.9 Å². The summed E-state index contributed by atoms with van der Waals surface area (Å²) < 4.78 is 31.3. The lowest BCUT2D eigenvalue weighted by Gasteiger charge is -2.15. The third kappa shape index (κ3) is 3.02. The number of hydrogen-bond acceptors (Lipinski definition) is 4. The van der Waals surface area contributed by atoms with Gasteiger partial charge in [-0.05, 0) is 37.6 Å². The SMILES string of the molecule is Cc1cncc(S(=O)(=O)N(C)Cc2ccc(C)o2)c1. The first-order valence-corrected chi connectivity index (χ1v) is 7.27. The maximum absolute atomic E-state index is 12.3. The number of furan rings is 1. The average Bonchev–Trinajstić information content (AvgIpc) is 2.74. The van der Waals surface area contributed by atoms with E-state index in [-0.39, 0.29) is 11.4 Å². The molecule has 0 fully saturated rings. The van der Waals surface area contributed by atoms with E-state index in [4.69, 9.17) is 4.42 Å². The Morgan fingerprint density at radius 2 is 2.00 bits per heavy atom. The van der Waals surface area contributed by atoms with Crippen molar-refractivity contribution >= 4 is 10.0 Å². The predicted molar refractivity (Wildman–Crippen MR) is 71.1 cm³/mol. The number of rotatable bonds is 4. The topological polar surface area (TPSA) is 63.4 Å². The lowest BCUT2D eigenvalue weighted by atomic mass is 10.3. The van der Waals surface area contributed by atoms with Crippen LogP contribution >= 0.6 is 0 Å². The third-order valence-electron chi connectivity index (χ3n) is 2.73. The zero-order valence-corrected chi connectivity index (χ0v) is 11.9. The molecule has 19 heavy (non-hydrogen) atoms. The zero-order chi connectivity index (χ0) is 14.0. The van der Waals surface area contributed by atoms with Crippen LogP contribution in [0.15, 0.2) is 39.9 Å². The van der Waals surface area contributed by atoms with Crippen LogP contribution < -0.4 is 0 Å². The van der Waals surface area contributed by atoms with E-state index in [2.05, 4.69) is 4.98 Å². The molecule has 2 rings (SSSR count). The highest BCUT2D eigenvalue weighted by molar-refractivity contribution is 7.89. The second kappa shape index (κ2) is 5.14. The average molecular weight is 280 g/mol. The van der Waals surface area contributed by atoms with E-state index in [1.54, 1.807) is 18.3 Å². The van der Waals surface area contributed by atoms with Gasteiger partial charge in [-0.1, -0.05) is 0 Å². The van der Waals surface area contributed by atoms with Crippen molar-refractivity contribution < 1.29 is 12.8 Å². The predicted octanol–water partition coefficient (Wildman–Crippen LogP) is 2.11. The minimum Gasteiger partial charge on any atom is -0.465 e. The molecular formula is C13H16N2O3S. The second-order valence-electron chi connectivity index (χ2n) is 4.47. The largest absolute Gasteiger partial charge is 0.465 e. The van der Waals surface area contributed by atoms with Gasteiger partial charge in [-0.3, -0.25) is 4.98 Å². The first-order valence-electron chi connectivity index (χ1n) is 5.83. The maximum Gasteiger partial charge on any atom is 0.244 e. The Kier molecular flexibility index (Phi) is 3.73. The first kappa shape index (κ1) is 13.8. The summed E-state index contributed by atoms with van der Waals surface area (Å²) in [7, 11) is -2.02. The summed E-state index contributed by atoms with van der Waals surface area (Å²) in [5, 5.41) is 0. The molecule has 0 aliphatic carbocycles. The van der Waals surface area contributed by atoms with Gasteiger partial charge >= 0.3 is 0 Å². The van der Waals surface area contributed by atoms with Crippen molar-refractivity contribution in [2.24, 2.45) is 0 Å². The highest BCUT2D eigenvalue weighted by Crippen LogP contribution is 2.17. The number of sulfonamides is 1. The van der Waals surface area contributed by atoms with E-state index >= 15 is 0 Å². The number of aromatic nitrogens is 1.